The molecule has 0 heterocycles. The Kier molecular flexibility index (Phi) is 5.69. The van der Waals surface area contributed by atoms with Crippen molar-refractivity contribution in [2.45, 2.75) is 57.4 Å². The minimum Gasteiger partial charge on any atom is -0.496 e. The number of hydrogen-bond donors (Lipinski definition) is 2. The number of hydrogen-bond acceptors (Lipinski definition) is 2. The first kappa shape index (κ1) is 16.7. The van der Waals surface area contributed by atoms with E-state index in [0.29, 0.717) is 12.0 Å². The summed E-state index contributed by atoms with van der Waals surface area (Å²) in [5.74, 6) is 1.52. The van der Waals surface area contributed by atoms with Crippen LogP contribution in [0.25, 0.3) is 0 Å². The number of guanidine groups is 1. The zero-order valence-corrected chi connectivity index (χ0v) is 14.1. The molecule has 1 atom stereocenters. The molecule has 122 valence electrons. The molecule has 22 heavy (non-hydrogen) atoms. The molecule has 1 unspecified atom stereocenters. The highest BCUT2D eigenvalue weighted by Gasteiger charge is 2.37. The van der Waals surface area contributed by atoms with Gasteiger partial charge in [0.15, 0.2) is 5.96 Å². The van der Waals surface area contributed by atoms with Gasteiger partial charge in [-0.05, 0) is 32.3 Å². The van der Waals surface area contributed by atoms with Gasteiger partial charge in [0.05, 0.1) is 13.7 Å². The van der Waals surface area contributed by atoms with Crippen LogP contribution in [-0.4, -0.2) is 25.7 Å². The van der Waals surface area contributed by atoms with Crippen LogP contribution in [0, 0.1) is 0 Å². The lowest BCUT2D eigenvalue weighted by molar-refractivity contribution is 0.378. The van der Waals surface area contributed by atoms with Crippen molar-refractivity contribution in [2.24, 2.45) is 10.7 Å². The van der Waals surface area contributed by atoms with Crippen LogP contribution >= 0.6 is 0 Å². The Hall–Kier alpha value is -1.71. The van der Waals surface area contributed by atoms with Crippen LogP contribution in [0.2, 0.25) is 0 Å². The Morgan fingerprint density at radius 3 is 2.68 bits per heavy atom. The smallest absolute Gasteiger partial charge is 0.188 e. The number of nitrogens with two attached hydrogens (primary N) is 1. The number of nitrogens with one attached hydrogen (secondary N) is 1. The van der Waals surface area contributed by atoms with Gasteiger partial charge >= 0.3 is 0 Å². The highest BCUT2D eigenvalue weighted by molar-refractivity contribution is 5.78. The molecule has 1 aromatic rings. The van der Waals surface area contributed by atoms with E-state index in [-0.39, 0.29) is 5.41 Å². The molecule has 3 N–H and O–H groups in total. The van der Waals surface area contributed by atoms with E-state index in [1.165, 1.54) is 18.4 Å². The highest BCUT2D eigenvalue weighted by Crippen LogP contribution is 2.44. The average Bonchev–Trinajstić information content (AvgIpc) is 3.02. The van der Waals surface area contributed by atoms with Crippen molar-refractivity contribution in [1.29, 1.82) is 0 Å². The number of para-hydroxylation sites is 1. The lowest BCUT2D eigenvalue weighted by Gasteiger charge is -2.29. The van der Waals surface area contributed by atoms with Crippen LogP contribution in [-0.2, 0) is 5.41 Å². The summed E-state index contributed by atoms with van der Waals surface area (Å²) in [6.07, 6.45) is 5.81. The van der Waals surface area contributed by atoms with Crippen molar-refractivity contribution >= 4 is 5.96 Å². The maximum absolute atomic E-state index is 6.04. The summed E-state index contributed by atoms with van der Waals surface area (Å²) >= 11 is 0. The number of rotatable bonds is 6. The quantitative estimate of drug-likeness (QED) is 0.626. The fourth-order valence-electron chi connectivity index (χ4n) is 3.28. The third-order valence-corrected chi connectivity index (χ3v) is 4.80. The van der Waals surface area contributed by atoms with Gasteiger partial charge in [-0.3, -0.25) is 4.99 Å². The van der Waals surface area contributed by atoms with Gasteiger partial charge in [0.2, 0.25) is 0 Å². The molecule has 4 heteroatoms. The molecule has 1 aliphatic rings. The van der Waals surface area contributed by atoms with E-state index in [0.717, 1.165) is 31.6 Å². The maximum atomic E-state index is 6.04. The summed E-state index contributed by atoms with van der Waals surface area (Å²) in [5.41, 5.74) is 7.38. The van der Waals surface area contributed by atoms with Crippen LogP contribution in [0.1, 0.15) is 51.5 Å². The average molecular weight is 303 g/mol. The Morgan fingerprint density at radius 1 is 1.36 bits per heavy atom. The summed E-state index contributed by atoms with van der Waals surface area (Å²) in [6.45, 7) is 4.98. The predicted octanol–water partition coefficient (Wildman–Crippen LogP) is 3.21. The van der Waals surface area contributed by atoms with Gasteiger partial charge in [0, 0.05) is 17.0 Å². The number of aliphatic imine (C=N–C) groups is 1. The van der Waals surface area contributed by atoms with Gasteiger partial charge in [0.1, 0.15) is 5.75 Å². The van der Waals surface area contributed by atoms with Gasteiger partial charge in [-0.25, -0.2) is 0 Å². The monoisotopic (exact) mass is 303 g/mol. The first-order valence-electron chi connectivity index (χ1n) is 8.31. The molecule has 2 rings (SSSR count). The SMILES string of the molecule is CCC(C)NC(N)=NCC1(c2ccccc2OC)CCCC1. The Bertz CT molecular complexity index is 507. The molecule has 0 spiro atoms. The first-order chi connectivity index (χ1) is 10.6. The molecular weight excluding hydrogens is 274 g/mol. The van der Waals surface area contributed by atoms with E-state index in [2.05, 4.69) is 36.3 Å². The number of ether oxygens (including phenoxy) is 1. The molecule has 1 fully saturated rings. The summed E-state index contributed by atoms with van der Waals surface area (Å²) in [4.78, 5) is 4.65. The number of nitrogens with zero attached hydrogens (tertiary/aromatic N) is 1. The third kappa shape index (κ3) is 3.73. The summed E-state index contributed by atoms with van der Waals surface area (Å²) in [6, 6.07) is 8.68. The Labute approximate surface area is 134 Å². The lowest BCUT2D eigenvalue weighted by atomic mass is 9.78. The van der Waals surface area contributed by atoms with E-state index in [4.69, 9.17) is 10.5 Å². The molecular formula is C18H29N3O. The van der Waals surface area contributed by atoms with Gasteiger partial charge in [-0.15, -0.1) is 0 Å². The predicted molar refractivity (Wildman–Crippen MR) is 92.5 cm³/mol. The van der Waals surface area contributed by atoms with Crippen molar-refractivity contribution in [3.8, 4) is 5.75 Å². The first-order valence-corrected chi connectivity index (χ1v) is 8.31. The molecule has 0 aromatic heterocycles. The topological polar surface area (TPSA) is 59.6 Å². The van der Waals surface area contributed by atoms with E-state index < -0.39 is 0 Å². The molecule has 0 radical (unpaired) electrons. The van der Waals surface area contributed by atoms with E-state index in [9.17, 15) is 0 Å². The molecule has 0 amide bonds. The fourth-order valence-corrected chi connectivity index (χ4v) is 3.28. The van der Waals surface area contributed by atoms with Crippen LogP contribution in [0.15, 0.2) is 29.3 Å². The molecule has 0 saturated heterocycles. The molecule has 0 aliphatic heterocycles. The minimum absolute atomic E-state index is 0.0638. The van der Waals surface area contributed by atoms with Gasteiger partial charge in [-0.2, -0.15) is 0 Å². The van der Waals surface area contributed by atoms with Gasteiger partial charge in [-0.1, -0.05) is 38.0 Å². The lowest BCUT2D eigenvalue weighted by Crippen LogP contribution is -2.39. The molecule has 1 aromatic carbocycles. The van der Waals surface area contributed by atoms with E-state index >= 15 is 0 Å². The zero-order valence-electron chi connectivity index (χ0n) is 14.1. The Balaban J connectivity index is 2.20. The summed E-state index contributed by atoms with van der Waals surface area (Å²) in [5, 5.41) is 3.25. The second-order valence-corrected chi connectivity index (χ2v) is 6.34. The standard InChI is InChI=1S/C18H29N3O/c1-4-14(2)21-17(19)20-13-18(11-7-8-12-18)15-9-5-6-10-16(15)22-3/h5-6,9-10,14H,4,7-8,11-13H2,1-3H3,(H3,19,20,21). The maximum Gasteiger partial charge on any atom is 0.188 e. The third-order valence-electron chi connectivity index (χ3n) is 4.80. The number of methoxy groups -OCH3 is 1. The van der Waals surface area contributed by atoms with Crippen molar-refractivity contribution in [3.05, 3.63) is 29.8 Å². The van der Waals surface area contributed by atoms with Gasteiger partial charge < -0.3 is 15.8 Å². The molecule has 4 nitrogen and oxygen atoms in total. The summed E-state index contributed by atoms with van der Waals surface area (Å²) < 4.78 is 5.58. The molecule has 1 saturated carbocycles. The van der Waals surface area contributed by atoms with E-state index in [1.54, 1.807) is 7.11 Å². The Morgan fingerprint density at radius 2 is 2.05 bits per heavy atom. The largest absolute Gasteiger partial charge is 0.496 e. The normalized spacial score (nSPS) is 19.0. The fraction of sp³-hybridized carbons (Fsp3) is 0.611. The van der Waals surface area contributed by atoms with Crippen LogP contribution in [0.4, 0.5) is 0 Å². The second-order valence-electron chi connectivity index (χ2n) is 6.34. The van der Waals surface area contributed by atoms with Crippen molar-refractivity contribution in [1.82, 2.24) is 5.32 Å². The zero-order chi connectivity index (χ0) is 16.0. The molecule has 0 bridgehead atoms. The minimum atomic E-state index is 0.0638. The van der Waals surface area contributed by atoms with Crippen LogP contribution in [0.5, 0.6) is 5.75 Å². The second kappa shape index (κ2) is 7.52. The number of benzene rings is 1. The molecule has 1 aliphatic carbocycles. The van der Waals surface area contributed by atoms with Gasteiger partial charge in [0.25, 0.3) is 0 Å². The van der Waals surface area contributed by atoms with E-state index in [1.807, 2.05) is 12.1 Å². The van der Waals surface area contributed by atoms with Crippen LogP contribution < -0.4 is 15.8 Å². The summed E-state index contributed by atoms with van der Waals surface area (Å²) in [7, 11) is 1.74. The highest BCUT2D eigenvalue weighted by atomic mass is 16.5. The van der Waals surface area contributed by atoms with Crippen molar-refractivity contribution < 1.29 is 4.74 Å². The van der Waals surface area contributed by atoms with Crippen molar-refractivity contribution in [2.75, 3.05) is 13.7 Å². The van der Waals surface area contributed by atoms with Crippen molar-refractivity contribution in [3.63, 3.8) is 0 Å². The van der Waals surface area contributed by atoms with Crippen LogP contribution in [0.3, 0.4) is 0 Å².